The van der Waals surface area contributed by atoms with Crippen LogP contribution in [0.5, 0.6) is 0 Å². The van der Waals surface area contributed by atoms with Crippen molar-refractivity contribution in [2.45, 2.75) is 12.8 Å². The van der Waals surface area contributed by atoms with Gasteiger partial charge in [0.15, 0.2) is 0 Å². The van der Waals surface area contributed by atoms with Gasteiger partial charge >= 0.3 is 0 Å². The fourth-order valence-electron chi connectivity index (χ4n) is 2.47. The van der Waals surface area contributed by atoms with Gasteiger partial charge in [-0.2, -0.15) is 0 Å². The van der Waals surface area contributed by atoms with Crippen molar-refractivity contribution < 1.29 is 13.2 Å². The Hall–Kier alpha value is -1.81. The topological polar surface area (TPSA) is 12.0 Å². The largest absolute Gasteiger partial charge is 0.319 e. The molecular formula is C17H18F3N. The van der Waals surface area contributed by atoms with E-state index in [9.17, 15) is 13.2 Å². The molecule has 0 aliphatic heterocycles. The van der Waals surface area contributed by atoms with Crippen molar-refractivity contribution in [1.29, 1.82) is 0 Å². The van der Waals surface area contributed by atoms with Crippen LogP contribution < -0.4 is 5.32 Å². The predicted octanol–water partition coefficient (Wildman–Crippen LogP) is 3.72. The lowest BCUT2D eigenvalue weighted by Gasteiger charge is -2.17. The van der Waals surface area contributed by atoms with Crippen LogP contribution in [-0.2, 0) is 12.8 Å². The monoisotopic (exact) mass is 293 g/mol. The summed E-state index contributed by atoms with van der Waals surface area (Å²) in [5, 5.41) is 3.06. The summed E-state index contributed by atoms with van der Waals surface area (Å²) in [5.74, 6) is -0.996. The van der Waals surface area contributed by atoms with Crippen LogP contribution in [0, 0.1) is 23.4 Å². The van der Waals surface area contributed by atoms with Crippen molar-refractivity contribution in [3.05, 3.63) is 71.0 Å². The van der Waals surface area contributed by atoms with E-state index < -0.39 is 11.6 Å². The third-order valence-corrected chi connectivity index (χ3v) is 3.45. The lowest BCUT2D eigenvalue weighted by Crippen LogP contribution is -2.23. The van der Waals surface area contributed by atoms with E-state index in [4.69, 9.17) is 0 Å². The molecule has 4 heteroatoms. The summed E-state index contributed by atoms with van der Waals surface area (Å²) in [6.07, 6.45) is 1.11. The van der Waals surface area contributed by atoms with E-state index in [0.29, 0.717) is 24.9 Å². The zero-order valence-electron chi connectivity index (χ0n) is 11.9. The number of hydrogen-bond acceptors (Lipinski definition) is 1. The molecule has 0 heterocycles. The third-order valence-electron chi connectivity index (χ3n) is 3.45. The van der Waals surface area contributed by atoms with Crippen molar-refractivity contribution >= 4 is 0 Å². The second-order valence-electron chi connectivity index (χ2n) is 5.19. The first-order valence-electron chi connectivity index (χ1n) is 6.91. The van der Waals surface area contributed by atoms with Crippen LogP contribution in [0.3, 0.4) is 0 Å². The summed E-state index contributed by atoms with van der Waals surface area (Å²) in [6.45, 7) is 0.674. The van der Waals surface area contributed by atoms with Crippen molar-refractivity contribution in [2.75, 3.05) is 13.6 Å². The Bertz CT molecular complexity index is 581. The van der Waals surface area contributed by atoms with E-state index in [1.807, 2.05) is 7.05 Å². The highest BCUT2D eigenvalue weighted by molar-refractivity contribution is 5.21. The molecule has 1 unspecified atom stereocenters. The maximum absolute atomic E-state index is 13.7. The summed E-state index contributed by atoms with van der Waals surface area (Å²) < 4.78 is 39.9. The Morgan fingerprint density at radius 3 is 2.24 bits per heavy atom. The fourth-order valence-corrected chi connectivity index (χ4v) is 2.47. The van der Waals surface area contributed by atoms with Gasteiger partial charge in [-0.25, -0.2) is 13.2 Å². The summed E-state index contributed by atoms with van der Waals surface area (Å²) in [5.41, 5.74) is 1.35. The minimum Gasteiger partial charge on any atom is -0.319 e. The van der Waals surface area contributed by atoms with Crippen molar-refractivity contribution in [2.24, 2.45) is 5.92 Å². The van der Waals surface area contributed by atoms with Crippen LogP contribution >= 0.6 is 0 Å². The van der Waals surface area contributed by atoms with E-state index >= 15 is 0 Å². The lowest BCUT2D eigenvalue weighted by atomic mass is 9.92. The molecule has 112 valence electrons. The minimum atomic E-state index is -0.434. The van der Waals surface area contributed by atoms with Gasteiger partial charge in [-0.15, -0.1) is 0 Å². The maximum atomic E-state index is 13.7. The first-order valence-corrected chi connectivity index (χ1v) is 6.91. The molecule has 0 fully saturated rings. The first-order chi connectivity index (χ1) is 10.1. The second kappa shape index (κ2) is 7.27. The van der Waals surface area contributed by atoms with E-state index in [0.717, 1.165) is 17.7 Å². The summed E-state index contributed by atoms with van der Waals surface area (Å²) >= 11 is 0. The lowest BCUT2D eigenvalue weighted by molar-refractivity contribution is 0.476. The number of hydrogen-bond donors (Lipinski definition) is 1. The highest BCUT2D eigenvalue weighted by atomic mass is 19.1. The van der Waals surface area contributed by atoms with E-state index in [1.165, 1.54) is 18.2 Å². The van der Waals surface area contributed by atoms with Gasteiger partial charge in [0.25, 0.3) is 0 Å². The summed E-state index contributed by atoms with van der Waals surface area (Å²) in [7, 11) is 1.82. The van der Waals surface area contributed by atoms with Crippen molar-refractivity contribution in [1.82, 2.24) is 5.32 Å². The predicted molar refractivity (Wildman–Crippen MR) is 77.6 cm³/mol. The first kappa shape index (κ1) is 15.6. The minimum absolute atomic E-state index is 0.108. The molecule has 1 atom stereocenters. The van der Waals surface area contributed by atoms with Crippen LogP contribution in [-0.4, -0.2) is 13.6 Å². The smallest absolute Gasteiger partial charge is 0.126 e. The number of halogens is 3. The molecule has 0 bridgehead atoms. The molecule has 1 N–H and O–H groups in total. The Balaban J connectivity index is 2.11. The highest BCUT2D eigenvalue weighted by Crippen LogP contribution is 2.18. The van der Waals surface area contributed by atoms with Crippen LogP contribution in [0.2, 0.25) is 0 Å². The second-order valence-corrected chi connectivity index (χ2v) is 5.19. The van der Waals surface area contributed by atoms with Gasteiger partial charge in [0, 0.05) is 0 Å². The van der Waals surface area contributed by atoms with Gasteiger partial charge in [-0.05, 0) is 73.8 Å². The zero-order valence-corrected chi connectivity index (χ0v) is 11.9. The van der Waals surface area contributed by atoms with Gasteiger partial charge in [0.2, 0.25) is 0 Å². The number of benzene rings is 2. The van der Waals surface area contributed by atoms with Crippen molar-refractivity contribution in [3.63, 3.8) is 0 Å². The third kappa shape index (κ3) is 4.60. The average Bonchev–Trinajstić information content (AvgIpc) is 2.45. The zero-order chi connectivity index (χ0) is 15.2. The Morgan fingerprint density at radius 1 is 0.905 bits per heavy atom. The van der Waals surface area contributed by atoms with E-state index in [1.54, 1.807) is 12.1 Å². The molecule has 0 saturated carbocycles. The molecule has 1 nitrogen and oxygen atoms in total. The maximum Gasteiger partial charge on any atom is 0.126 e. The van der Waals surface area contributed by atoms with Gasteiger partial charge < -0.3 is 5.32 Å². The van der Waals surface area contributed by atoms with Gasteiger partial charge in [-0.3, -0.25) is 0 Å². The normalized spacial score (nSPS) is 12.4. The number of nitrogens with one attached hydrogen (secondary N) is 1. The molecule has 0 radical (unpaired) electrons. The molecular weight excluding hydrogens is 275 g/mol. The molecule has 0 spiro atoms. The Kier molecular flexibility index (Phi) is 5.39. The molecule has 2 aromatic carbocycles. The summed E-state index contributed by atoms with van der Waals surface area (Å²) in [6, 6.07) is 9.77. The standard InChI is InChI=1S/C17H18F3N/c1-21-11-13(8-12-2-4-15(18)5-3-12)9-14-10-16(19)6-7-17(14)20/h2-7,10,13,21H,8-9,11H2,1H3. The van der Waals surface area contributed by atoms with Crippen LogP contribution in [0.25, 0.3) is 0 Å². The van der Waals surface area contributed by atoms with E-state index in [-0.39, 0.29) is 11.7 Å². The molecule has 2 rings (SSSR count). The van der Waals surface area contributed by atoms with Crippen LogP contribution in [0.15, 0.2) is 42.5 Å². The average molecular weight is 293 g/mol. The van der Waals surface area contributed by atoms with Gasteiger partial charge in [-0.1, -0.05) is 12.1 Å². The molecule has 0 amide bonds. The quantitative estimate of drug-likeness (QED) is 0.856. The molecule has 0 saturated heterocycles. The van der Waals surface area contributed by atoms with Gasteiger partial charge in [0.1, 0.15) is 17.5 Å². The molecule has 2 aromatic rings. The van der Waals surface area contributed by atoms with Crippen LogP contribution in [0.4, 0.5) is 13.2 Å². The fraction of sp³-hybridized carbons (Fsp3) is 0.294. The van der Waals surface area contributed by atoms with Crippen molar-refractivity contribution in [3.8, 4) is 0 Å². The molecule has 21 heavy (non-hydrogen) atoms. The number of rotatable bonds is 6. The Morgan fingerprint density at radius 2 is 1.57 bits per heavy atom. The van der Waals surface area contributed by atoms with Gasteiger partial charge in [0.05, 0.1) is 0 Å². The van der Waals surface area contributed by atoms with E-state index in [2.05, 4.69) is 5.32 Å². The Labute approximate surface area is 122 Å². The summed E-state index contributed by atoms with van der Waals surface area (Å²) in [4.78, 5) is 0. The highest BCUT2D eigenvalue weighted by Gasteiger charge is 2.13. The molecule has 0 aliphatic rings. The molecule has 0 aromatic heterocycles. The van der Waals surface area contributed by atoms with Crippen LogP contribution in [0.1, 0.15) is 11.1 Å². The SMILES string of the molecule is CNCC(Cc1ccc(F)cc1)Cc1cc(F)ccc1F. The molecule has 0 aliphatic carbocycles.